The van der Waals surface area contributed by atoms with Gasteiger partial charge in [-0.15, -0.1) is 0 Å². The maximum absolute atomic E-state index is 5.63. The fraction of sp³-hybridized carbons (Fsp3) is 0.357. The smallest absolute Gasteiger partial charge is 0.162 e. The molecule has 0 unspecified atom stereocenters. The molecular formula is C14H16BrN3O2. The van der Waals surface area contributed by atoms with E-state index in [0.717, 1.165) is 27.4 Å². The fourth-order valence-corrected chi connectivity index (χ4v) is 2.83. The first-order valence-electron chi connectivity index (χ1n) is 6.54. The molecule has 1 aromatic carbocycles. The number of hydrogen-bond donors (Lipinski definition) is 2. The molecule has 0 fully saturated rings. The predicted octanol–water partition coefficient (Wildman–Crippen LogP) is 2.79. The molecule has 2 aromatic rings. The molecule has 106 valence electrons. The first-order chi connectivity index (χ1) is 9.74. The molecule has 20 heavy (non-hydrogen) atoms. The van der Waals surface area contributed by atoms with Gasteiger partial charge in [0.1, 0.15) is 19.0 Å². The van der Waals surface area contributed by atoms with E-state index in [1.54, 1.807) is 6.20 Å². The Morgan fingerprint density at radius 1 is 1.35 bits per heavy atom. The van der Waals surface area contributed by atoms with Crippen LogP contribution in [-0.2, 0) is 6.54 Å². The molecule has 0 amide bonds. The zero-order chi connectivity index (χ0) is 13.9. The van der Waals surface area contributed by atoms with Gasteiger partial charge in [-0.2, -0.15) is 0 Å². The number of nitrogens with one attached hydrogen (secondary N) is 2. The molecule has 1 aromatic heterocycles. The van der Waals surface area contributed by atoms with Crippen LogP contribution in [0.3, 0.4) is 0 Å². The molecule has 1 aliphatic heterocycles. The van der Waals surface area contributed by atoms with Gasteiger partial charge >= 0.3 is 0 Å². The van der Waals surface area contributed by atoms with E-state index < -0.39 is 0 Å². The molecule has 1 atom stereocenters. The Balaban J connectivity index is 1.75. The molecule has 2 N–H and O–H groups in total. The Morgan fingerprint density at radius 2 is 2.10 bits per heavy atom. The summed E-state index contributed by atoms with van der Waals surface area (Å²) in [6.45, 7) is 4.00. The van der Waals surface area contributed by atoms with E-state index in [0.29, 0.717) is 19.8 Å². The molecule has 3 rings (SSSR count). The maximum Gasteiger partial charge on any atom is 0.162 e. The summed E-state index contributed by atoms with van der Waals surface area (Å²) in [7, 11) is 0. The van der Waals surface area contributed by atoms with E-state index in [4.69, 9.17) is 9.47 Å². The summed E-state index contributed by atoms with van der Waals surface area (Å²) in [5, 5.41) is 3.43. The number of H-pyrrole nitrogens is 1. The molecule has 0 aliphatic carbocycles. The van der Waals surface area contributed by atoms with Crippen molar-refractivity contribution in [2.45, 2.75) is 19.5 Å². The predicted molar refractivity (Wildman–Crippen MR) is 79.0 cm³/mol. The minimum absolute atomic E-state index is 0.172. The summed E-state index contributed by atoms with van der Waals surface area (Å²) in [5.74, 6) is 2.52. The van der Waals surface area contributed by atoms with Crippen LogP contribution in [0, 0.1) is 0 Å². The number of rotatable bonds is 4. The largest absolute Gasteiger partial charge is 0.486 e. The van der Waals surface area contributed by atoms with Crippen LogP contribution in [-0.4, -0.2) is 23.2 Å². The molecule has 1 aliphatic rings. The highest BCUT2D eigenvalue weighted by atomic mass is 79.9. The van der Waals surface area contributed by atoms with Gasteiger partial charge in [-0.25, -0.2) is 4.98 Å². The number of aromatic amines is 1. The lowest BCUT2D eigenvalue weighted by molar-refractivity contribution is 0.171. The third-order valence-corrected chi connectivity index (χ3v) is 3.95. The van der Waals surface area contributed by atoms with Gasteiger partial charge in [0.15, 0.2) is 11.5 Å². The highest BCUT2D eigenvalue weighted by Crippen LogP contribution is 2.37. The van der Waals surface area contributed by atoms with Gasteiger partial charge < -0.3 is 19.8 Å². The van der Waals surface area contributed by atoms with Crippen LogP contribution >= 0.6 is 15.9 Å². The Bertz CT molecular complexity index is 586. The van der Waals surface area contributed by atoms with E-state index in [9.17, 15) is 0 Å². The van der Waals surface area contributed by atoms with Crippen molar-refractivity contribution in [3.05, 3.63) is 40.4 Å². The van der Waals surface area contributed by atoms with Gasteiger partial charge in [0.05, 0.1) is 6.54 Å². The number of halogens is 1. The van der Waals surface area contributed by atoms with Gasteiger partial charge in [0, 0.05) is 22.9 Å². The second-order valence-corrected chi connectivity index (χ2v) is 5.51. The zero-order valence-electron chi connectivity index (χ0n) is 11.1. The minimum Gasteiger partial charge on any atom is -0.486 e. The molecule has 0 spiro atoms. The quantitative estimate of drug-likeness (QED) is 0.900. The van der Waals surface area contributed by atoms with Gasteiger partial charge in [-0.3, -0.25) is 0 Å². The second-order valence-electron chi connectivity index (χ2n) is 4.66. The SMILES string of the molecule is C[C@@H](NCc1ncc[nH]1)c1cc2c(cc1Br)OCCO2. The Kier molecular flexibility index (Phi) is 3.93. The van der Waals surface area contributed by atoms with Crippen LogP contribution in [0.5, 0.6) is 11.5 Å². The van der Waals surface area contributed by atoms with Crippen molar-refractivity contribution in [1.29, 1.82) is 0 Å². The van der Waals surface area contributed by atoms with Gasteiger partial charge in [-0.05, 0) is 24.6 Å². The summed E-state index contributed by atoms with van der Waals surface area (Å²) in [4.78, 5) is 7.28. The van der Waals surface area contributed by atoms with Crippen LogP contribution in [0.1, 0.15) is 24.4 Å². The van der Waals surface area contributed by atoms with Gasteiger partial charge in [0.25, 0.3) is 0 Å². The van der Waals surface area contributed by atoms with E-state index in [2.05, 4.69) is 38.1 Å². The lowest BCUT2D eigenvalue weighted by atomic mass is 10.1. The molecule has 5 nitrogen and oxygen atoms in total. The zero-order valence-corrected chi connectivity index (χ0v) is 12.7. The molecule has 0 bridgehead atoms. The Hall–Kier alpha value is -1.53. The number of nitrogens with zero attached hydrogens (tertiary/aromatic N) is 1. The third kappa shape index (κ3) is 2.81. The van der Waals surface area contributed by atoms with Crippen LogP contribution in [0.15, 0.2) is 29.0 Å². The average Bonchev–Trinajstić information content (AvgIpc) is 2.97. The number of imidazole rings is 1. The van der Waals surface area contributed by atoms with Gasteiger partial charge in [0.2, 0.25) is 0 Å². The monoisotopic (exact) mass is 337 g/mol. The Labute approximate surface area is 125 Å². The van der Waals surface area contributed by atoms with Crippen molar-refractivity contribution >= 4 is 15.9 Å². The van der Waals surface area contributed by atoms with Crippen LogP contribution in [0.25, 0.3) is 0 Å². The minimum atomic E-state index is 0.172. The standard InChI is InChI=1S/C14H16BrN3O2/c1-9(18-8-14-16-2-3-17-14)10-6-12-13(7-11(10)15)20-5-4-19-12/h2-3,6-7,9,18H,4-5,8H2,1H3,(H,16,17)/t9-/m1/s1. The molecular weight excluding hydrogens is 322 g/mol. The first-order valence-corrected chi connectivity index (χ1v) is 7.34. The number of hydrogen-bond acceptors (Lipinski definition) is 4. The second kappa shape index (κ2) is 5.85. The van der Waals surface area contributed by atoms with Crippen LogP contribution < -0.4 is 14.8 Å². The highest BCUT2D eigenvalue weighted by molar-refractivity contribution is 9.10. The molecule has 2 heterocycles. The lowest BCUT2D eigenvalue weighted by Gasteiger charge is -2.22. The summed E-state index contributed by atoms with van der Waals surface area (Å²) in [5.41, 5.74) is 1.14. The van der Waals surface area contributed by atoms with Crippen molar-refractivity contribution in [2.75, 3.05) is 13.2 Å². The number of benzene rings is 1. The maximum atomic E-state index is 5.63. The average molecular weight is 338 g/mol. The van der Waals surface area contributed by atoms with E-state index in [1.165, 1.54) is 0 Å². The summed E-state index contributed by atoms with van der Waals surface area (Å²) < 4.78 is 12.2. The van der Waals surface area contributed by atoms with Crippen molar-refractivity contribution in [3.63, 3.8) is 0 Å². The molecule has 0 saturated heterocycles. The lowest BCUT2D eigenvalue weighted by Crippen LogP contribution is -2.20. The fourth-order valence-electron chi connectivity index (χ4n) is 2.17. The Morgan fingerprint density at radius 3 is 2.80 bits per heavy atom. The number of fused-ring (bicyclic) bond motifs is 1. The molecule has 6 heteroatoms. The van der Waals surface area contributed by atoms with E-state index >= 15 is 0 Å². The molecule has 0 radical (unpaired) electrons. The number of ether oxygens (including phenoxy) is 2. The van der Waals surface area contributed by atoms with Gasteiger partial charge in [-0.1, -0.05) is 15.9 Å². The summed E-state index contributed by atoms with van der Waals surface area (Å²) in [6.07, 6.45) is 3.57. The normalized spacial score (nSPS) is 15.1. The van der Waals surface area contributed by atoms with Crippen molar-refractivity contribution in [3.8, 4) is 11.5 Å². The number of aromatic nitrogens is 2. The summed E-state index contributed by atoms with van der Waals surface area (Å²) in [6, 6.07) is 4.16. The first kappa shape index (κ1) is 13.5. The van der Waals surface area contributed by atoms with Crippen molar-refractivity contribution < 1.29 is 9.47 Å². The topological polar surface area (TPSA) is 59.2 Å². The van der Waals surface area contributed by atoms with E-state index in [-0.39, 0.29) is 6.04 Å². The van der Waals surface area contributed by atoms with Crippen molar-refractivity contribution in [1.82, 2.24) is 15.3 Å². The highest BCUT2D eigenvalue weighted by Gasteiger charge is 2.17. The van der Waals surface area contributed by atoms with Crippen LogP contribution in [0.2, 0.25) is 0 Å². The van der Waals surface area contributed by atoms with Crippen LogP contribution in [0.4, 0.5) is 0 Å². The molecule has 0 saturated carbocycles. The summed E-state index contributed by atoms with van der Waals surface area (Å²) >= 11 is 3.60. The van der Waals surface area contributed by atoms with E-state index in [1.807, 2.05) is 18.3 Å². The third-order valence-electron chi connectivity index (χ3n) is 3.26. The van der Waals surface area contributed by atoms with Crippen molar-refractivity contribution in [2.24, 2.45) is 0 Å².